The molecule has 0 saturated heterocycles. The zero-order chi connectivity index (χ0) is 15.5. The summed E-state index contributed by atoms with van der Waals surface area (Å²) in [5.74, 6) is -0.693. The van der Waals surface area contributed by atoms with Crippen molar-refractivity contribution in [3.05, 3.63) is 0 Å². The van der Waals surface area contributed by atoms with Gasteiger partial charge in [-0.15, -0.1) is 0 Å². The van der Waals surface area contributed by atoms with Gasteiger partial charge in [-0.1, -0.05) is 78.1 Å². The van der Waals surface area contributed by atoms with Crippen LogP contribution in [-0.4, -0.2) is 17.6 Å². The molecule has 0 atom stereocenters. The van der Waals surface area contributed by atoms with E-state index in [0.717, 1.165) is 19.4 Å². The number of carbonyl (C=O) groups is 1. The molecule has 0 fully saturated rings. The van der Waals surface area contributed by atoms with Crippen LogP contribution in [0.1, 0.15) is 97.3 Å². The van der Waals surface area contributed by atoms with Gasteiger partial charge in [0.05, 0.1) is 0 Å². The van der Waals surface area contributed by atoms with Gasteiger partial charge in [-0.25, -0.2) is 0 Å². The van der Waals surface area contributed by atoms with E-state index in [9.17, 15) is 4.79 Å². The van der Waals surface area contributed by atoms with E-state index in [1.807, 2.05) is 6.92 Å². The van der Waals surface area contributed by atoms with E-state index in [-0.39, 0.29) is 0 Å². The highest BCUT2D eigenvalue weighted by Crippen LogP contribution is 2.09. The molecular weight excluding hydrogens is 250 g/mol. The molecule has 3 N–H and O–H groups in total. The molecule has 0 aromatic rings. The summed E-state index contributed by atoms with van der Waals surface area (Å²) in [6, 6.07) is 0. The molecule has 0 aromatic heterocycles. The Bertz CT molecular complexity index is 174. The van der Waals surface area contributed by atoms with Gasteiger partial charge in [0.2, 0.25) is 0 Å². The summed E-state index contributed by atoms with van der Waals surface area (Å²) in [4.78, 5) is 9.76. The van der Waals surface area contributed by atoms with Gasteiger partial charge in [0.25, 0.3) is 0 Å². The molecule has 3 nitrogen and oxygen atoms in total. The van der Waals surface area contributed by atoms with Crippen molar-refractivity contribution in [2.24, 2.45) is 5.73 Å². The van der Waals surface area contributed by atoms with Crippen molar-refractivity contribution in [3.8, 4) is 0 Å². The molecule has 0 heterocycles. The standard InChI is InChI=1S/C12H27N.C5H10O2/c1-2-3-4-5-6-7-8-9-10-11-12-13;1-2-3-4-5(6)7/h2-13H2,1H3;2-4H2,1H3,(H,6,7). The van der Waals surface area contributed by atoms with Crippen LogP contribution in [0.3, 0.4) is 0 Å². The van der Waals surface area contributed by atoms with Crippen LogP contribution in [0.5, 0.6) is 0 Å². The molecule has 0 aromatic carbocycles. The van der Waals surface area contributed by atoms with Crippen molar-refractivity contribution in [2.45, 2.75) is 97.3 Å². The highest BCUT2D eigenvalue weighted by molar-refractivity contribution is 5.66. The van der Waals surface area contributed by atoms with Gasteiger partial charge in [-0.2, -0.15) is 0 Å². The third-order valence-electron chi connectivity index (χ3n) is 3.30. The smallest absolute Gasteiger partial charge is 0.303 e. The number of nitrogens with two attached hydrogens (primary N) is 1. The summed E-state index contributed by atoms with van der Waals surface area (Å²) >= 11 is 0. The third kappa shape index (κ3) is 26.1. The summed E-state index contributed by atoms with van der Waals surface area (Å²) in [5.41, 5.74) is 5.42. The topological polar surface area (TPSA) is 63.3 Å². The minimum atomic E-state index is -0.693. The summed E-state index contributed by atoms with van der Waals surface area (Å²) in [7, 11) is 0. The fourth-order valence-corrected chi connectivity index (χ4v) is 1.96. The second-order valence-corrected chi connectivity index (χ2v) is 5.47. The summed E-state index contributed by atoms with van der Waals surface area (Å²) in [5, 5.41) is 8.04. The predicted molar refractivity (Wildman–Crippen MR) is 88.1 cm³/mol. The van der Waals surface area contributed by atoms with E-state index in [2.05, 4.69) is 6.92 Å². The molecule has 0 aliphatic carbocycles. The molecule has 0 radical (unpaired) electrons. The minimum Gasteiger partial charge on any atom is -0.481 e. The van der Waals surface area contributed by atoms with Crippen molar-refractivity contribution in [3.63, 3.8) is 0 Å². The number of carboxylic acids is 1. The fourth-order valence-electron chi connectivity index (χ4n) is 1.96. The third-order valence-corrected chi connectivity index (χ3v) is 3.30. The fraction of sp³-hybridized carbons (Fsp3) is 0.941. The lowest BCUT2D eigenvalue weighted by atomic mass is 10.1. The average Bonchev–Trinajstić information content (AvgIpc) is 2.44. The molecule has 0 bridgehead atoms. The van der Waals surface area contributed by atoms with Crippen LogP contribution < -0.4 is 5.73 Å². The van der Waals surface area contributed by atoms with Crippen LogP contribution in [0.25, 0.3) is 0 Å². The normalized spacial score (nSPS) is 9.95. The van der Waals surface area contributed by atoms with Crippen molar-refractivity contribution in [2.75, 3.05) is 6.54 Å². The molecule has 0 aliphatic heterocycles. The van der Waals surface area contributed by atoms with E-state index in [0.29, 0.717) is 6.42 Å². The average molecular weight is 287 g/mol. The predicted octanol–water partition coefficient (Wildman–Crippen LogP) is 5.13. The lowest BCUT2D eigenvalue weighted by molar-refractivity contribution is -0.137. The first-order chi connectivity index (χ1) is 9.68. The quantitative estimate of drug-likeness (QED) is 0.462. The Morgan fingerprint density at radius 2 is 1.15 bits per heavy atom. The van der Waals surface area contributed by atoms with Gasteiger partial charge >= 0.3 is 5.97 Å². The van der Waals surface area contributed by atoms with Gasteiger partial charge in [-0.05, 0) is 19.4 Å². The van der Waals surface area contributed by atoms with Gasteiger partial charge < -0.3 is 10.8 Å². The van der Waals surface area contributed by atoms with E-state index in [4.69, 9.17) is 10.8 Å². The first-order valence-corrected chi connectivity index (χ1v) is 8.60. The number of aliphatic carboxylic acids is 1. The molecule has 122 valence electrons. The van der Waals surface area contributed by atoms with Crippen molar-refractivity contribution in [1.82, 2.24) is 0 Å². The number of hydrogen-bond donors (Lipinski definition) is 2. The molecule has 0 spiro atoms. The minimum absolute atomic E-state index is 0.316. The van der Waals surface area contributed by atoms with Gasteiger partial charge in [-0.3, -0.25) is 4.79 Å². The van der Waals surface area contributed by atoms with Crippen LogP contribution in [0.2, 0.25) is 0 Å². The molecular formula is C17H37NO2. The van der Waals surface area contributed by atoms with Crippen LogP contribution in [0.15, 0.2) is 0 Å². The number of rotatable bonds is 13. The first-order valence-electron chi connectivity index (χ1n) is 8.60. The Balaban J connectivity index is 0. The number of unbranched alkanes of at least 4 members (excludes halogenated alkanes) is 10. The van der Waals surface area contributed by atoms with Crippen LogP contribution in [0, 0.1) is 0 Å². The molecule has 0 saturated carbocycles. The monoisotopic (exact) mass is 287 g/mol. The maximum Gasteiger partial charge on any atom is 0.303 e. The van der Waals surface area contributed by atoms with Gasteiger partial charge in [0.1, 0.15) is 0 Å². The zero-order valence-corrected chi connectivity index (χ0v) is 13.8. The maximum atomic E-state index is 9.76. The molecule has 0 unspecified atom stereocenters. The zero-order valence-electron chi connectivity index (χ0n) is 13.8. The SMILES string of the molecule is CCCCC(=O)O.CCCCCCCCCCCCN. The molecule has 20 heavy (non-hydrogen) atoms. The molecule has 0 aliphatic rings. The Labute approximate surface area is 126 Å². The second kappa shape index (κ2) is 20.7. The highest BCUT2D eigenvalue weighted by atomic mass is 16.4. The summed E-state index contributed by atoms with van der Waals surface area (Å²) in [6.45, 7) is 5.12. The Hall–Kier alpha value is -0.570. The van der Waals surface area contributed by atoms with Crippen molar-refractivity contribution in [1.29, 1.82) is 0 Å². The largest absolute Gasteiger partial charge is 0.481 e. The first kappa shape index (κ1) is 21.7. The maximum absolute atomic E-state index is 9.76. The second-order valence-electron chi connectivity index (χ2n) is 5.47. The molecule has 3 heteroatoms. The van der Waals surface area contributed by atoms with Crippen molar-refractivity contribution >= 4 is 5.97 Å². The van der Waals surface area contributed by atoms with E-state index in [1.165, 1.54) is 64.2 Å². The Morgan fingerprint density at radius 3 is 1.45 bits per heavy atom. The Kier molecular flexibility index (Phi) is 22.5. The van der Waals surface area contributed by atoms with Crippen molar-refractivity contribution < 1.29 is 9.90 Å². The lowest BCUT2D eigenvalue weighted by Crippen LogP contribution is -1.97. The number of carboxylic acid groups (broad SMARTS) is 1. The molecule has 0 rings (SSSR count). The van der Waals surface area contributed by atoms with Crippen LogP contribution in [-0.2, 0) is 4.79 Å². The Morgan fingerprint density at radius 1 is 0.750 bits per heavy atom. The van der Waals surface area contributed by atoms with Gasteiger partial charge in [0, 0.05) is 6.42 Å². The van der Waals surface area contributed by atoms with Gasteiger partial charge in [0.15, 0.2) is 0 Å². The van der Waals surface area contributed by atoms with Crippen LogP contribution >= 0.6 is 0 Å². The molecule has 0 amide bonds. The lowest BCUT2D eigenvalue weighted by Gasteiger charge is -2.00. The van der Waals surface area contributed by atoms with Crippen LogP contribution in [0.4, 0.5) is 0 Å². The summed E-state index contributed by atoms with van der Waals surface area (Å²) in [6.07, 6.45) is 16.0. The summed E-state index contributed by atoms with van der Waals surface area (Å²) < 4.78 is 0. The van der Waals surface area contributed by atoms with E-state index < -0.39 is 5.97 Å². The van der Waals surface area contributed by atoms with E-state index in [1.54, 1.807) is 0 Å². The van der Waals surface area contributed by atoms with E-state index >= 15 is 0 Å². The number of hydrogen-bond acceptors (Lipinski definition) is 2. The highest BCUT2D eigenvalue weighted by Gasteiger charge is 1.91.